The van der Waals surface area contributed by atoms with E-state index >= 15 is 0 Å². The summed E-state index contributed by atoms with van der Waals surface area (Å²) in [5.74, 6) is -0.561. The maximum atomic E-state index is 12.3. The molecule has 1 aromatic carbocycles. The molecule has 2 aromatic heterocycles. The fourth-order valence-electron chi connectivity index (χ4n) is 2.43. The molecule has 0 unspecified atom stereocenters. The Kier molecular flexibility index (Phi) is 5.65. The molecule has 3 aromatic rings. The van der Waals surface area contributed by atoms with Gasteiger partial charge in [0.15, 0.2) is 5.65 Å². The van der Waals surface area contributed by atoms with Crippen LogP contribution in [0.2, 0.25) is 10.0 Å². The minimum absolute atomic E-state index is 0.0562. The second-order valence-electron chi connectivity index (χ2n) is 5.44. The Balaban J connectivity index is 1.95. The highest BCUT2D eigenvalue weighted by Crippen LogP contribution is 2.29. The Morgan fingerprint density at radius 3 is 2.74 bits per heavy atom. The molecule has 0 radical (unpaired) electrons. The van der Waals surface area contributed by atoms with Crippen LogP contribution in [-0.2, 0) is 16.1 Å². The smallest absolute Gasteiger partial charge is 0.349 e. The van der Waals surface area contributed by atoms with E-state index in [-0.39, 0.29) is 18.1 Å². The van der Waals surface area contributed by atoms with Crippen molar-refractivity contribution >= 4 is 40.9 Å². The maximum Gasteiger partial charge on any atom is 0.349 e. The highest BCUT2D eigenvalue weighted by Gasteiger charge is 2.18. The molecule has 0 aliphatic heterocycles. The molecule has 136 valence electrons. The molecule has 3 rings (SSSR count). The third-order valence-electron chi connectivity index (χ3n) is 3.67. The van der Waals surface area contributed by atoms with Gasteiger partial charge in [0.25, 0.3) is 0 Å². The number of hydrogen-bond acceptors (Lipinski definition) is 5. The summed E-state index contributed by atoms with van der Waals surface area (Å²) in [4.78, 5) is 16.6. The Morgan fingerprint density at radius 2 is 2.07 bits per heavy atom. The summed E-state index contributed by atoms with van der Waals surface area (Å²) in [6, 6.07) is 12.6. The van der Waals surface area contributed by atoms with Crippen molar-refractivity contribution in [3.8, 4) is 11.9 Å². The van der Waals surface area contributed by atoms with E-state index in [4.69, 9.17) is 32.7 Å². The first-order chi connectivity index (χ1) is 13.0. The summed E-state index contributed by atoms with van der Waals surface area (Å²) in [6.07, 6.45) is 2.90. The first-order valence-electron chi connectivity index (χ1n) is 7.77. The SMILES string of the molecule is COc1nc2c(Cl)cc(Cl)cn2c1C=C(C#N)C(=O)OCc1ccccc1. The number of halogens is 2. The number of carbonyl (C=O) groups excluding carboxylic acids is 1. The summed E-state index contributed by atoms with van der Waals surface area (Å²) < 4.78 is 12.0. The molecule has 0 fully saturated rings. The van der Waals surface area contributed by atoms with Gasteiger partial charge in [0.2, 0.25) is 5.88 Å². The highest BCUT2D eigenvalue weighted by atomic mass is 35.5. The van der Waals surface area contributed by atoms with E-state index in [2.05, 4.69) is 4.98 Å². The predicted octanol–water partition coefficient (Wildman–Crippen LogP) is 4.30. The zero-order valence-corrected chi connectivity index (χ0v) is 15.7. The van der Waals surface area contributed by atoms with Gasteiger partial charge in [0.1, 0.15) is 23.9 Å². The van der Waals surface area contributed by atoms with E-state index in [0.717, 1.165) is 5.56 Å². The van der Waals surface area contributed by atoms with E-state index in [1.165, 1.54) is 19.3 Å². The second-order valence-corrected chi connectivity index (χ2v) is 6.28. The number of nitrogens with zero attached hydrogens (tertiary/aromatic N) is 3. The lowest BCUT2D eigenvalue weighted by molar-refractivity contribution is -0.139. The van der Waals surface area contributed by atoms with Gasteiger partial charge >= 0.3 is 5.97 Å². The molecule has 2 heterocycles. The predicted molar refractivity (Wildman–Crippen MR) is 102 cm³/mol. The molecule has 0 aliphatic rings. The number of rotatable bonds is 5. The summed E-state index contributed by atoms with van der Waals surface area (Å²) in [5.41, 5.74) is 1.35. The van der Waals surface area contributed by atoms with Crippen LogP contribution < -0.4 is 4.74 Å². The van der Waals surface area contributed by atoms with Gasteiger partial charge in [-0.05, 0) is 17.7 Å². The monoisotopic (exact) mass is 401 g/mol. The molecule has 6 nitrogen and oxygen atoms in total. The van der Waals surface area contributed by atoms with Crippen molar-refractivity contribution in [2.45, 2.75) is 6.61 Å². The summed E-state index contributed by atoms with van der Waals surface area (Å²) >= 11 is 12.2. The third-order valence-corrected chi connectivity index (χ3v) is 4.16. The third kappa shape index (κ3) is 4.05. The minimum Gasteiger partial charge on any atom is -0.479 e. The minimum atomic E-state index is -0.758. The number of aromatic nitrogens is 2. The fourth-order valence-corrected chi connectivity index (χ4v) is 2.94. The lowest BCUT2D eigenvalue weighted by atomic mass is 10.2. The lowest BCUT2D eigenvalue weighted by Gasteiger charge is -2.05. The molecule has 0 saturated carbocycles. The Hall–Kier alpha value is -3.01. The number of hydrogen-bond donors (Lipinski definition) is 0. The van der Waals surface area contributed by atoms with Crippen LogP contribution in [0.15, 0.2) is 48.2 Å². The second kappa shape index (κ2) is 8.12. The standard InChI is InChI=1S/C19H13Cl2N3O3/c1-26-18-16(24-10-14(20)8-15(21)17(24)23-18)7-13(9-22)19(25)27-11-12-5-3-2-4-6-12/h2-8,10H,11H2,1H3. The molecule has 0 aliphatic carbocycles. The highest BCUT2D eigenvalue weighted by molar-refractivity contribution is 6.36. The van der Waals surface area contributed by atoms with Gasteiger partial charge in [-0.3, -0.25) is 4.40 Å². The van der Waals surface area contributed by atoms with Crippen molar-refractivity contribution in [1.82, 2.24) is 9.38 Å². The van der Waals surface area contributed by atoms with Crippen LogP contribution in [0.1, 0.15) is 11.3 Å². The Labute approximate surface area is 165 Å². The van der Waals surface area contributed by atoms with Crippen LogP contribution >= 0.6 is 23.2 Å². The Bertz CT molecular complexity index is 1070. The van der Waals surface area contributed by atoms with Gasteiger partial charge in [-0.1, -0.05) is 53.5 Å². The molecule has 0 amide bonds. The van der Waals surface area contributed by atoms with Crippen LogP contribution in [0.25, 0.3) is 11.7 Å². The zero-order chi connectivity index (χ0) is 19.4. The Morgan fingerprint density at radius 1 is 1.33 bits per heavy atom. The van der Waals surface area contributed by atoms with E-state index < -0.39 is 5.97 Å². The number of esters is 1. The number of pyridine rings is 1. The number of fused-ring (bicyclic) bond motifs is 1. The first-order valence-corrected chi connectivity index (χ1v) is 8.53. The lowest BCUT2D eigenvalue weighted by Crippen LogP contribution is -2.07. The number of ether oxygens (including phenoxy) is 2. The normalized spacial score (nSPS) is 11.3. The van der Waals surface area contributed by atoms with E-state index in [1.54, 1.807) is 10.6 Å². The van der Waals surface area contributed by atoms with Gasteiger partial charge in [0.05, 0.1) is 17.2 Å². The molecule has 0 bridgehead atoms. The van der Waals surface area contributed by atoms with Crippen molar-refractivity contribution in [3.05, 3.63) is 69.5 Å². The molecule has 0 atom stereocenters. The van der Waals surface area contributed by atoms with Crippen molar-refractivity contribution < 1.29 is 14.3 Å². The number of imidazole rings is 1. The zero-order valence-electron chi connectivity index (χ0n) is 14.1. The topological polar surface area (TPSA) is 76.6 Å². The molecule has 0 saturated heterocycles. The van der Waals surface area contributed by atoms with Crippen LogP contribution in [0.4, 0.5) is 0 Å². The molecule has 0 spiro atoms. The maximum absolute atomic E-state index is 12.3. The van der Waals surface area contributed by atoms with Crippen molar-refractivity contribution in [3.63, 3.8) is 0 Å². The number of carbonyl (C=O) groups is 1. The molecular formula is C19H13Cl2N3O3. The number of methoxy groups -OCH3 is 1. The average molecular weight is 402 g/mol. The number of benzene rings is 1. The number of nitriles is 1. The van der Waals surface area contributed by atoms with Gasteiger partial charge in [-0.25, -0.2) is 4.79 Å². The molecule has 8 heteroatoms. The summed E-state index contributed by atoms with van der Waals surface area (Å²) in [6.45, 7) is 0.0562. The van der Waals surface area contributed by atoms with E-state index in [1.807, 2.05) is 36.4 Å². The first kappa shape index (κ1) is 18.8. The van der Waals surface area contributed by atoms with Crippen LogP contribution in [0.3, 0.4) is 0 Å². The van der Waals surface area contributed by atoms with E-state index in [9.17, 15) is 10.1 Å². The van der Waals surface area contributed by atoms with Crippen LogP contribution in [0.5, 0.6) is 5.88 Å². The quantitative estimate of drug-likeness (QED) is 0.361. The van der Waals surface area contributed by atoms with Crippen molar-refractivity contribution in [2.75, 3.05) is 7.11 Å². The summed E-state index contributed by atoms with van der Waals surface area (Å²) in [7, 11) is 1.42. The largest absolute Gasteiger partial charge is 0.479 e. The van der Waals surface area contributed by atoms with Crippen molar-refractivity contribution in [2.24, 2.45) is 0 Å². The fraction of sp³-hybridized carbons (Fsp3) is 0.105. The van der Waals surface area contributed by atoms with Gasteiger partial charge in [-0.15, -0.1) is 0 Å². The molecule has 0 N–H and O–H groups in total. The van der Waals surface area contributed by atoms with Crippen LogP contribution in [-0.4, -0.2) is 22.5 Å². The van der Waals surface area contributed by atoms with Gasteiger partial charge in [0, 0.05) is 6.20 Å². The molecule has 27 heavy (non-hydrogen) atoms. The van der Waals surface area contributed by atoms with Gasteiger partial charge < -0.3 is 9.47 Å². The summed E-state index contributed by atoms with van der Waals surface area (Å²) in [5, 5.41) is 10.1. The van der Waals surface area contributed by atoms with Crippen LogP contribution in [0, 0.1) is 11.3 Å². The average Bonchev–Trinajstić information content (AvgIpc) is 3.02. The van der Waals surface area contributed by atoms with E-state index in [0.29, 0.717) is 21.4 Å². The van der Waals surface area contributed by atoms with Crippen molar-refractivity contribution in [1.29, 1.82) is 5.26 Å². The van der Waals surface area contributed by atoms with Gasteiger partial charge in [-0.2, -0.15) is 10.2 Å². The molecular weight excluding hydrogens is 389 g/mol.